The van der Waals surface area contributed by atoms with E-state index in [4.69, 9.17) is 10.6 Å². The normalized spacial score (nSPS) is 16.9. The van der Waals surface area contributed by atoms with Gasteiger partial charge in [-0.1, -0.05) is 18.2 Å². The van der Waals surface area contributed by atoms with Gasteiger partial charge in [-0.15, -0.1) is 0 Å². The van der Waals surface area contributed by atoms with Crippen LogP contribution in [0.15, 0.2) is 24.3 Å². The predicted molar refractivity (Wildman–Crippen MR) is 73.1 cm³/mol. The van der Waals surface area contributed by atoms with Gasteiger partial charge in [0.1, 0.15) is 24.0 Å². The minimum atomic E-state index is 0.0719. The highest BCUT2D eigenvalue weighted by atomic mass is 16.5. The molecule has 1 aromatic carbocycles. The van der Waals surface area contributed by atoms with Crippen molar-refractivity contribution in [1.82, 2.24) is 9.97 Å². The average molecular weight is 256 g/mol. The van der Waals surface area contributed by atoms with Gasteiger partial charge in [0.2, 0.25) is 0 Å². The second-order valence-electron chi connectivity index (χ2n) is 4.69. The van der Waals surface area contributed by atoms with Gasteiger partial charge in [0, 0.05) is 16.8 Å². The zero-order valence-corrected chi connectivity index (χ0v) is 11.0. The van der Waals surface area contributed by atoms with E-state index in [1.165, 1.54) is 0 Å². The SMILES string of the molecule is Cc1nc(C2COc3ccccc32)nc(NN)c1C. The summed E-state index contributed by atoms with van der Waals surface area (Å²) in [5.74, 6) is 7.92. The first-order chi connectivity index (χ1) is 9.20. The van der Waals surface area contributed by atoms with Crippen LogP contribution in [0, 0.1) is 13.8 Å². The lowest BCUT2D eigenvalue weighted by Crippen LogP contribution is -2.16. The Kier molecular flexibility index (Phi) is 2.83. The smallest absolute Gasteiger partial charge is 0.146 e. The Morgan fingerprint density at radius 3 is 2.84 bits per heavy atom. The number of aromatic nitrogens is 2. The third-order valence-corrected chi connectivity index (χ3v) is 3.55. The number of anilines is 1. The second kappa shape index (κ2) is 4.51. The van der Waals surface area contributed by atoms with Crippen LogP contribution in [0.5, 0.6) is 5.75 Å². The van der Waals surface area contributed by atoms with Crippen LogP contribution in [0.25, 0.3) is 0 Å². The molecule has 5 heteroatoms. The first-order valence-electron chi connectivity index (χ1n) is 6.24. The van der Waals surface area contributed by atoms with E-state index in [1.54, 1.807) is 0 Å². The molecule has 0 amide bonds. The minimum Gasteiger partial charge on any atom is -0.492 e. The molecule has 0 bridgehead atoms. The first-order valence-corrected chi connectivity index (χ1v) is 6.24. The van der Waals surface area contributed by atoms with E-state index < -0.39 is 0 Å². The van der Waals surface area contributed by atoms with Gasteiger partial charge in [-0.2, -0.15) is 0 Å². The molecule has 2 heterocycles. The summed E-state index contributed by atoms with van der Waals surface area (Å²) in [6.07, 6.45) is 0. The zero-order chi connectivity index (χ0) is 13.4. The summed E-state index contributed by atoms with van der Waals surface area (Å²) in [7, 11) is 0. The van der Waals surface area contributed by atoms with Crippen molar-refractivity contribution in [3.63, 3.8) is 0 Å². The number of para-hydroxylation sites is 1. The number of nitrogens with one attached hydrogen (secondary N) is 1. The molecule has 0 fully saturated rings. The number of hydrogen-bond acceptors (Lipinski definition) is 5. The van der Waals surface area contributed by atoms with Crippen LogP contribution in [0.2, 0.25) is 0 Å². The minimum absolute atomic E-state index is 0.0719. The van der Waals surface area contributed by atoms with Crippen molar-refractivity contribution in [3.8, 4) is 5.75 Å². The molecular formula is C14H16N4O. The van der Waals surface area contributed by atoms with Crippen LogP contribution in [0.4, 0.5) is 5.82 Å². The number of nitrogens with zero attached hydrogens (tertiary/aromatic N) is 2. The van der Waals surface area contributed by atoms with Crippen molar-refractivity contribution in [3.05, 3.63) is 46.9 Å². The van der Waals surface area contributed by atoms with Gasteiger partial charge in [-0.25, -0.2) is 15.8 Å². The molecule has 1 aliphatic heterocycles. The molecule has 0 aliphatic carbocycles. The third kappa shape index (κ3) is 1.92. The van der Waals surface area contributed by atoms with Gasteiger partial charge in [0.15, 0.2) is 0 Å². The molecule has 1 aliphatic rings. The molecule has 2 aromatic rings. The number of hydrogen-bond donors (Lipinski definition) is 2. The second-order valence-corrected chi connectivity index (χ2v) is 4.69. The van der Waals surface area contributed by atoms with Crippen LogP contribution >= 0.6 is 0 Å². The molecule has 1 unspecified atom stereocenters. The Balaban J connectivity index is 2.07. The molecule has 19 heavy (non-hydrogen) atoms. The van der Waals surface area contributed by atoms with Crippen molar-refractivity contribution in [2.24, 2.45) is 5.84 Å². The number of ether oxygens (including phenoxy) is 1. The Morgan fingerprint density at radius 2 is 2.05 bits per heavy atom. The summed E-state index contributed by atoms with van der Waals surface area (Å²) in [5, 5.41) is 0. The van der Waals surface area contributed by atoms with Gasteiger partial charge in [-0.3, -0.25) is 0 Å². The fourth-order valence-electron chi connectivity index (χ4n) is 2.32. The summed E-state index contributed by atoms with van der Waals surface area (Å²) in [4.78, 5) is 9.08. The highest BCUT2D eigenvalue weighted by Crippen LogP contribution is 2.37. The molecule has 0 spiro atoms. The lowest BCUT2D eigenvalue weighted by molar-refractivity contribution is 0.339. The Labute approximate surface area is 111 Å². The number of nitrogen functional groups attached to an aromatic ring is 1. The fourth-order valence-corrected chi connectivity index (χ4v) is 2.32. The third-order valence-electron chi connectivity index (χ3n) is 3.55. The molecule has 0 saturated heterocycles. The molecule has 5 nitrogen and oxygen atoms in total. The average Bonchev–Trinajstić information content (AvgIpc) is 2.85. The van der Waals surface area contributed by atoms with Crippen LogP contribution in [0.1, 0.15) is 28.6 Å². The largest absolute Gasteiger partial charge is 0.492 e. The van der Waals surface area contributed by atoms with Crippen molar-refractivity contribution >= 4 is 5.82 Å². The lowest BCUT2D eigenvalue weighted by Gasteiger charge is -2.13. The maximum atomic E-state index is 5.68. The quantitative estimate of drug-likeness (QED) is 0.634. The van der Waals surface area contributed by atoms with Gasteiger partial charge in [-0.05, 0) is 19.9 Å². The molecule has 3 rings (SSSR count). The van der Waals surface area contributed by atoms with E-state index in [0.29, 0.717) is 12.4 Å². The number of nitrogens with two attached hydrogens (primary N) is 1. The van der Waals surface area contributed by atoms with Gasteiger partial charge < -0.3 is 10.2 Å². The number of aryl methyl sites for hydroxylation is 1. The van der Waals surface area contributed by atoms with Crippen LogP contribution in [0.3, 0.4) is 0 Å². The number of benzene rings is 1. The topological polar surface area (TPSA) is 73.1 Å². The molecule has 1 atom stereocenters. The summed E-state index contributed by atoms with van der Waals surface area (Å²) in [6.45, 7) is 4.49. The van der Waals surface area contributed by atoms with Gasteiger partial charge in [0.25, 0.3) is 0 Å². The van der Waals surface area contributed by atoms with E-state index in [0.717, 1.165) is 28.4 Å². The molecule has 0 radical (unpaired) electrons. The monoisotopic (exact) mass is 256 g/mol. The van der Waals surface area contributed by atoms with Crippen LogP contribution in [-0.4, -0.2) is 16.6 Å². The standard InChI is InChI=1S/C14H16N4O/c1-8-9(2)16-14(17-13(8)18-15)11-7-19-12-6-4-3-5-10(11)12/h3-6,11H,7,15H2,1-2H3,(H,16,17,18). The van der Waals surface area contributed by atoms with Crippen LogP contribution < -0.4 is 16.0 Å². The Bertz CT molecular complexity index is 627. The van der Waals surface area contributed by atoms with E-state index in [9.17, 15) is 0 Å². The molecule has 1 aromatic heterocycles. The molecular weight excluding hydrogens is 240 g/mol. The highest BCUT2D eigenvalue weighted by Gasteiger charge is 2.28. The van der Waals surface area contributed by atoms with E-state index in [-0.39, 0.29) is 5.92 Å². The highest BCUT2D eigenvalue weighted by molar-refractivity contribution is 5.48. The van der Waals surface area contributed by atoms with Crippen molar-refractivity contribution in [2.75, 3.05) is 12.0 Å². The van der Waals surface area contributed by atoms with Crippen molar-refractivity contribution < 1.29 is 4.74 Å². The van der Waals surface area contributed by atoms with E-state index in [1.807, 2.05) is 32.0 Å². The molecule has 98 valence electrons. The molecule has 3 N–H and O–H groups in total. The predicted octanol–water partition coefficient (Wildman–Crippen LogP) is 1.90. The van der Waals surface area contributed by atoms with E-state index >= 15 is 0 Å². The van der Waals surface area contributed by atoms with Gasteiger partial charge >= 0.3 is 0 Å². The lowest BCUT2D eigenvalue weighted by atomic mass is 10.0. The first kappa shape index (κ1) is 11.9. The van der Waals surface area contributed by atoms with Crippen molar-refractivity contribution in [2.45, 2.75) is 19.8 Å². The number of fused-ring (bicyclic) bond motifs is 1. The summed E-state index contributed by atoms with van der Waals surface area (Å²) in [5.41, 5.74) is 5.67. The Hall–Kier alpha value is -2.14. The number of hydrazine groups is 1. The summed E-state index contributed by atoms with van der Waals surface area (Å²) < 4.78 is 5.68. The fraction of sp³-hybridized carbons (Fsp3) is 0.286. The maximum Gasteiger partial charge on any atom is 0.146 e. The van der Waals surface area contributed by atoms with Crippen molar-refractivity contribution in [1.29, 1.82) is 0 Å². The van der Waals surface area contributed by atoms with E-state index in [2.05, 4.69) is 21.5 Å². The summed E-state index contributed by atoms with van der Waals surface area (Å²) in [6, 6.07) is 8.00. The summed E-state index contributed by atoms with van der Waals surface area (Å²) >= 11 is 0. The molecule has 0 saturated carbocycles. The Morgan fingerprint density at radius 1 is 1.26 bits per heavy atom. The number of rotatable bonds is 2. The van der Waals surface area contributed by atoms with Crippen LogP contribution in [-0.2, 0) is 0 Å². The van der Waals surface area contributed by atoms with Gasteiger partial charge in [0.05, 0.1) is 5.92 Å². The maximum absolute atomic E-state index is 5.68. The zero-order valence-electron chi connectivity index (χ0n) is 11.0.